The lowest BCUT2D eigenvalue weighted by Crippen LogP contribution is -2.36. The van der Waals surface area contributed by atoms with Crippen molar-refractivity contribution in [1.82, 2.24) is 5.32 Å². The van der Waals surface area contributed by atoms with Crippen molar-refractivity contribution >= 4 is 24.1 Å². The second-order valence-corrected chi connectivity index (χ2v) is 3.74. The van der Waals surface area contributed by atoms with Gasteiger partial charge in [0.1, 0.15) is 11.4 Å². The highest BCUT2D eigenvalue weighted by molar-refractivity contribution is 6.07. The molecule has 1 unspecified atom stereocenters. The van der Waals surface area contributed by atoms with Crippen molar-refractivity contribution in [2.75, 3.05) is 0 Å². The van der Waals surface area contributed by atoms with Crippen molar-refractivity contribution in [3.8, 4) is 0 Å². The molecule has 0 bridgehead atoms. The number of amides is 1. The van der Waals surface area contributed by atoms with Gasteiger partial charge in [0.15, 0.2) is 0 Å². The standard InChI is InChI=1S/C10H18N2O.ClH/c1-4-6-7-8-11-9(13)10(3,5-2)12-8;/h4-7H2,1-3H3,(H,11,12,13);1H. The number of aliphatic imine (C=N–C) groups is 1. The number of rotatable bonds is 4. The molecule has 1 aliphatic heterocycles. The Morgan fingerprint density at radius 2 is 2.07 bits per heavy atom. The van der Waals surface area contributed by atoms with Gasteiger partial charge in [-0.1, -0.05) is 20.3 Å². The van der Waals surface area contributed by atoms with Gasteiger partial charge >= 0.3 is 0 Å². The Morgan fingerprint density at radius 3 is 2.50 bits per heavy atom. The summed E-state index contributed by atoms with van der Waals surface area (Å²) in [7, 11) is 0. The number of unbranched alkanes of at least 4 members (excludes halogenated alkanes) is 1. The van der Waals surface area contributed by atoms with Crippen LogP contribution in [0.3, 0.4) is 0 Å². The number of amidine groups is 1. The molecule has 14 heavy (non-hydrogen) atoms. The molecule has 82 valence electrons. The van der Waals surface area contributed by atoms with Crippen molar-refractivity contribution in [2.45, 2.75) is 52.0 Å². The first-order chi connectivity index (χ1) is 6.12. The Bertz CT molecular complexity index is 240. The predicted molar refractivity (Wildman–Crippen MR) is 61.0 cm³/mol. The van der Waals surface area contributed by atoms with Gasteiger partial charge in [0, 0.05) is 6.42 Å². The van der Waals surface area contributed by atoms with Crippen molar-refractivity contribution in [2.24, 2.45) is 4.99 Å². The van der Waals surface area contributed by atoms with Gasteiger partial charge in [-0.05, 0) is 19.8 Å². The first-order valence-corrected chi connectivity index (χ1v) is 5.02. The minimum Gasteiger partial charge on any atom is -0.312 e. The zero-order chi connectivity index (χ0) is 9.90. The van der Waals surface area contributed by atoms with E-state index in [4.69, 9.17) is 0 Å². The molecule has 0 aliphatic carbocycles. The average molecular weight is 219 g/mol. The van der Waals surface area contributed by atoms with Gasteiger partial charge in [-0.2, -0.15) is 0 Å². The quantitative estimate of drug-likeness (QED) is 0.773. The molecular weight excluding hydrogens is 200 g/mol. The molecule has 0 saturated heterocycles. The zero-order valence-corrected chi connectivity index (χ0v) is 9.91. The topological polar surface area (TPSA) is 41.5 Å². The summed E-state index contributed by atoms with van der Waals surface area (Å²) in [5.41, 5.74) is -0.497. The van der Waals surface area contributed by atoms with E-state index >= 15 is 0 Å². The predicted octanol–water partition coefficient (Wildman–Crippen LogP) is 2.30. The maximum absolute atomic E-state index is 11.5. The summed E-state index contributed by atoms with van der Waals surface area (Å²) in [4.78, 5) is 15.9. The van der Waals surface area contributed by atoms with Crippen LogP contribution in [0.1, 0.15) is 46.5 Å². The Morgan fingerprint density at radius 1 is 1.43 bits per heavy atom. The fourth-order valence-electron chi connectivity index (χ4n) is 1.34. The molecule has 0 aromatic carbocycles. The fraction of sp³-hybridized carbons (Fsp3) is 0.800. The van der Waals surface area contributed by atoms with Crippen LogP contribution in [0.4, 0.5) is 0 Å². The molecule has 0 aromatic heterocycles. The van der Waals surface area contributed by atoms with Gasteiger partial charge in [-0.3, -0.25) is 9.79 Å². The van der Waals surface area contributed by atoms with Crippen molar-refractivity contribution in [3.05, 3.63) is 0 Å². The third-order valence-electron chi connectivity index (χ3n) is 2.58. The van der Waals surface area contributed by atoms with E-state index in [0.717, 1.165) is 31.5 Å². The van der Waals surface area contributed by atoms with Crippen LogP contribution in [-0.4, -0.2) is 17.3 Å². The second kappa shape index (κ2) is 5.35. The van der Waals surface area contributed by atoms with Crippen LogP contribution in [0.15, 0.2) is 4.99 Å². The normalized spacial score (nSPS) is 25.4. The molecule has 1 atom stereocenters. The van der Waals surface area contributed by atoms with Gasteiger partial charge in [-0.15, -0.1) is 12.4 Å². The van der Waals surface area contributed by atoms with Crippen LogP contribution < -0.4 is 5.32 Å². The van der Waals surface area contributed by atoms with E-state index in [0.29, 0.717) is 0 Å². The Balaban J connectivity index is 0.00000169. The van der Waals surface area contributed by atoms with Gasteiger partial charge in [-0.25, -0.2) is 0 Å². The lowest BCUT2D eigenvalue weighted by atomic mass is 10.0. The zero-order valence-electron chi connectivity index (χ0n) is 9.09. The molecule has 0 radical (unpaired) electrons. The number of nitrogens with one attached hydrogen (secondary N) is 1. The lowest BCUT2D eigenvalue weighted by Gasteiger charge is -2.13. The SMILES string of the molecule is CCCCC1=NC(C)(CC)C(=O)N1.Cl. The van der Waals surface area contributed by atoms with E-state index in [1.165, 1.54) is 0 Å². The summed E-state index contributed by atoms with van der Waals surface area (Å²) in [5, 5.41) is 2.84. The average Bonchev–Trinajstić information content (AvgIpc) is 2.40. The smallest absolute Gasteiger partial charge is 0.252 e. The van der Waals surface area contributed by atoms with Crippen LogP contribution in [0.25, 0.3) is 0 Å². The second-order valence-electron chi connectivity index (χ2n) is 3.74. The highest BCUT2D eigenvalue weighted by Crippen LogP contribution is 2.20. The van der Waals surface area contributed by atoms with E-state index in [1.807, 2.05) is 13.8 Å². The third kappa shape index (κ3) is 2.71. The molecule has 1 aliphatic rings. The minimum absolute atomic E-state index is 0. The summed E-state index contributed by atoms with van der Waals surface area (Å²) in [6, 6.07) is 0. The van der Waals surface area contributed by atoms with Gasteiger partial charge in [0.05, 0.1) is 0 Å². The summed E-state index contributed by atoms with van der Waals surface area (Å²) >= 11 is 0. The van der Waals surface area contributed by atoms with E-state index in [9.17, 15) is 4.79 Å². The third-order valence-corrected chi connectivity index (χ3v) is 2.58. The molecule has 0 saturated carbocycles. The largest absolute Gasteiger partial charge is 0.312 e. The van der Waals surface area contributed by atoms with E-state index < -0.39 is 5.54 Å². The van der Waals surface area contributed by atoms with Crippen molar-refractivity contribution < 1.29 is 4.79 Å². The van der Waals surface area contributed by atoms with Gasteiger partial charge in [0.25, 0.3) is 5.91 Å². The molecule has 0 spiro atoms. The number of halogens is 1. The summed E-state index contributed by atoms with van der Waals surface area (Å²) in [5.74, 6) is 0.928. The Labute approximate surface area is 91.8 Å². The molecule has 1 rings (SSSR count). The fourth-order valence-corrected chi connectivity index (χ4v) is 1.34. The highest BCUT2D eigenvalue weighted by atomic mass is 35.5. The number of nitrogens with zero attached hydrogens (tertiary/aromatic N) is 1. The summed E-state index contributed by atoms with van der Waals surface area (Å²) in [6.45, 7) is 6.02. The molecule has 1 N–H and O–H groups in total. The van der Waals surface area contributed by atoms with E-state index in [2.05, 4.69) is 17.2 Å². The van der Waals surface area contributed by atoms with Crippen LogP contribution in [-0.2, 0) is 4.79 Å². The maximum atomic E-state index is 11.5. The van der Waals surface area contributed by atoms with Crippen LogP contribution >= 0.6 is 12.4 Å². The molecule has 0 fully saturated rings. The van der Waals surface area contributed by atoms with E-state index in [-0.39, 0.29) is 18.3 Å². The first-order valence-electron chi connectivity index (χ1n) is 5.02. The Hall–Kier alpha value is -0.570. The summed E-state index contributed by atoms with van der Waals surface area (Å²) < 4.78 is 0. The number of hydrogen-bond donors (Lipinski definition) is 1. The Kier molecular flexibility index (Phi) is 5.13. The number of carbonyl (C=O) groups excluding carboxylic acids is 1. The molecule has 1 amide bonds. The first kappa shape index (κ1) is 13.4. The van der Waals surface area contributed by atoms with Crippen molar-refractivity contribution in [1.29, 1.82) is 0 Å². The molecule has 0 aromatic rings. The molecule has 4 heteroatoms. The number of hydrogen-bond acceptors (Lipinski definition) is 2. The monoisotopic (exact) mass is 218 g/mol. The van der Waals surface area contributed by atoms with Crippen LogP contribution in [0.2, 0.25) is 0 Å². The van der Waals surface area contributed by atoms with Crippen LogP contribution in [0, 0.1) is 0 Å². The minimum atomic E-state index is -0.497. The molecular formula is C10H19ClN2O. The van der Waals surface area contributed by atoms with Gasteiger partial charge in [0.2, 0.25) is 0 Å². The van der Waals surface area contributed by atoms with Crippen molar-refractivity contribution in [3.63, 3.8) is 0 Å². The molecule has 1 heterocycles. The van der Waals surface area contributed by atoms with E-state index in [1.54, 1.807) is 0 Å². The molecule has 3 nitrogen and oxygen atoms in total. The summed E-state index contributed by atoms with van der Waals surface area (Å²) in [6.07, 6.45) is 3.91. The highest BCUT2D eigenvalue weighted by Gasteiger charge is 2.36. The van der Waals surface area contributed by atoms with Crippen LogP contribution in [0.5, 0.6) is 0 Å². The maximum Gasteiger partial charge on any atom is 0.252 e. The number of carbonyl (C=O) groups is 1. The van der Waals surface area contributed by atoms with Gasteiger partial charge < -0.3 is 5.32 Å². The lowest BCUT2D eigenvalue weighted by molar-refractivity contribution is -0.123.